The van der Waals surface area contributed by atoms with Crippen molar-refractivity contribution in [3.05, 3.63) is 71.9 Å². The third kappa shape index (κ3) is 2.60. The van der Waals surface area contributed by atoms with Crippen LogP contribution in [0.15, 0.2) is 60.8 Å². The number of nitrogens with one attached hydrogen (secondary N) is 2. The van der Waals surface area contributed by atoms with Crippen LogP contribution >= 0.6 is 0 Å². The fourth-order valence-corrected chi connectivity index (χ4v) is 2.19. The minimum absolute atomic E-state index is 0.217. The monoisotopic (exact) mass is 287 g/mol. The van der Waals surface area contributed by atoms with E-state index in [-0.39, 0.29) is 5.91 Å². The summed E-state index contributed by atoms with van der Waals surface area (Å²) in [6.07, 6.45) is 7.18. The molecule has 1 amide bonds. The second kappa shape index (κ2) is 5.98. The Labute approximate surface area is 128 Å². The molecule has 0 atom stereocenters. The number of anilines is 1. The molecule has 0 aliphatic heterocycles. The molecule has 22 heavy (non-hydrogen) atoms. The van der Waals surface area contributed by atoms with Gasteiger partial charge in [-0.2, -0.15) is 0 Å². The molecule has 0 aliphatic carbocycles. The number of carbonyl (C=O) groups is 1. The lowest BCUT2D eigenvalue weighted by atomic mass is 10.1. The lowest BCUT2D eigenvalue weighted by molar-refractivity contribution is 0.0962. The van der Waals surface area contributed by atoms with Gasteiger partial charge in [0, 0.05) is 22.7 Å². The number of aromatic nitrogens is 1. The summed E-state index contributed by atoms with van der Waals surface area (Å²) >= 11 is 0. The van der Waals surface area contributed by atoms with Gasteiger partial charge >= 0.3 is 0 Å². The molecular weight excluding hydrogens is 274 g/mol. The first-order valence-corrected chi connectivity index (χ1v) is 6.75. The van der Waals surface area contributed by atoms with Crippen LogP contribution in [0, 0.1) is 12.3 Å². The van der Waals surface area contributed by atoms with Crippen molar-refractivity contribution in [1.82, 2.24) is 10.4 Å². The summed E-state index contributed by atoms with van der Waals surface area (Å²) in [5.41, 5.74) is 8.32. The summed E-state index contributed by atoms with van der Waals surface area (Å²) in [6, 6.07) is 16.3. The predicted molar refractivity (Wildman–Crippen MR) is 87.2 cm³/mol. The van der Waals surface area contributed by atoms with Crippen LogP contribution in [-0.4, -0.2) is 10.9 Å². The SMILES string of the molecule is C#Cc1ccc(NNC(=O)c2ccccc2)c2ncccc12. The molecule has 2 aromatic carbocycles. The highest BCUT2D eigenvalue weighted by molar-refractivity contribution is 5.98. The zero-order valence-corrected chi connectivity index (χ0v) is 11.7. The Kier molecular flexibility index (Phi) is 3.71. The standard InChI is InChI=1S/C18H13N3O/c1-2-13-10-11-16(17-15(13)9-6-12-19-17)20-21-18(22)14-7-4-3-5-8-14/h1,3-12,20H,(H,21,22). The van der Waals surface area contributed by atoms with Gasteiger partial charge in [0.25, 0.3) is 5.91 Å². The van der Waals surface area contributed by atoms with Crippen molar-refractivity contribution in [1.29, 1.82) is 0 Å². The Morgan fingerprint density at radius 3 is 2.64 bits per heavy atom. The zero-order valence-electron chi connectivity index (χ0n) is 11.7. The van der Waals surface area contributed by atoms with E-state index in [4.69, 9.17) is 6.42 Å². The van der Waals surface area contributed by atoms with E-state index in [1.807, 2.05) is 36.4 Å². The third-order valence-corrected chi connectivity index (χ3v) is 3.27. The Hall–Kier alpha value is -3.32. The Balaban J connectivity index is 1.86. The van der Waals surface area contributed by atoms with Gasteiger partial charge in [0.15, 0.2) is 0 Å². The number of hydrogen-bond donors (Lipinski definition) is 2. The molecule has 0 saturated heterocycles. The topological polar surface area (TPSA) is 54.0 Å². The van der Waals surface area contributed by atoms with E-state index in [1.165, 1.54) is 0 Å². The maximum absolute atomic E-state index is 12.1. The van der Waals surface area contributed by atoms with Crippen molar-refractivity contribution in [3.8, 4) is 12.3 Å². The molecule has 0 saturated carbocycles. The maximum Gasteiger partial charge on any atom is 0.269 e. The first kappa shape index (κ1) is 13.7. The van der Waals surface area contributed by atoms with Crippen molar-refractivity contribution in [2.24, 2.45) is 0 Å². The number of nitrogens with zero attached hydrogens (tertiary/aromatic N) is 1. The number of hydrogen-bond acceptors (Lipinski definition) is 3. The van der Waals surface area contributed by atoms with E-state index in [1.54, 1.807) is 24.4 Å². The molecular formula is C18H13N3O. The highest BCUT2D eigenvalue weighted by Gasteiger charge is 2.08. The van der Waals surface area contributed by atoms with Crippen molar-refractivity contribution in [2.75, 3.05) is 5.43 Å². The van der Waals surface area contributed by atoms with Crippen LogP contribution in [0.25, 0.3) is 10.9 Å². The number of amides is 1. The minimum atomic E-state index is -0.217. The molecule has 2 N–H and O–H groups in total. The number of pyridine rings is 1. The molecule has 106 valence electrons. The van der Waals surface area contributed by atoms with E-state index < -0.39 is 0 Å². The molecule has 3 rings (SSSR count). The smallest absolute Gasteiger partial charge is 0.269 e. The molecule has 0 fully saturated rings. The fraction of sp³-hybridized carbons (Fsp3) is 0. The number of rotatable bonds is 3. The van der Waals surface area contributed by atoms with Crippen LogP contribution < -0.4 is 10.9 Å². The van der Waals surface area contributed by atoms with Gasteiger partial charge in [0.2, 0.25) is 0 Å². The molecule has 1 heterocycles. The van der Waals surface area contributed by atoms with Crippen molar-refractivity contribution in [2.45, 2.75) is 0 Å². The third-order valence-electron chi connectivity index (χ3n) is 3.27. The Bertz CT molecular complexity index is 866. The van der Waals surface area contributed by atoms with Crippen LogP contribution in [0.2, 0.25) is 0 Å². The van der Waals surface area contributed by atoms with Crippen molar-refractivity contribution >= 4 is 22.5 Å². The normalized spacial score (nSPS) is 9.95. The van der Waals surface area contributed by atoms with Crippen LogP contribution in [0.4, 0.5) is 5.69 Å². The molecule has 0 bridgehead atoms. The molecule has 0 radical (unpaired) electrons. The Morgan fingerprint density at radius 2 is 1.86 bits per heavy atom. The average Bonchev–Trinajstić information content (AvgIpc) is 2.60. The lowest BCUT2D eigenvalue weighted by Crippen LogP contribution is -2.29. The van der Waals surface area contributed by atoms with Gasteiger partial charge in [-0.15, -0.1) is 6.42 Å². The number of hydrazine groups is 1. The van der Waals surface area contributed by atoms with E-state index >= 15 is 0 Å². The zero-order chi connectivity index (χ0) is 15.4. The largest absolute Gasteiger partial charge is 0.296 e. The Morgan fingerprint density at radius 1 is 1.05 bits per heavy atom. The van der Waals surface area contributed by atoms with Gasteiger partial charge in [-0.3, -0.25) is 20.6 Å². The summed E-state index contributed by atoms with van der Waals surface area (Å²) < 4.78 is 0. The lowest BCUT2D eigenvalue weighted by Gasteiger charge is -2.11. The van der Waals surface area contributed by atoms with E-state index in [0.717, 1.165) is 10.9 Å². The number of fused-ring (bicyclic) bond motifs is 1. The molecule has 0 unspecified atom stereocenters. The van der Waals surface area contributed by atoms with Gasteiger partial charge in [0.1, 0.15) is 0 Å². The van der Waals surface area contributed by atoms with Crippen LogP contribution in [0.5, 0.6) is 0 Å². The van der Waals surface area contributed by atoms with Gasteiger partial charge < -0.3 is 0 Å². The van der Waals surface area contributed by atoms with Crippen LogP contribution in [-0.2, 0) is 0 Å². The number of benzene rings is 2. The summed E-state index contributed by atoms with van der Waals surface area (Å²) in [5.74, 6) is 2.42. The van der Waals surface area contributed by atoms with E-state index in [9.17, 15) is 4.79 Å². The molecule has 4 heteroatoms. The fourth-order valence-electron chi connectivity index (χ4n) is 2.19. The molecule has 0 aliphatic rings. The number of terminal acetylenes is 1. The predicted octanol–water partition coefficient (Wildman–Crippen LogP) is 2.97. The summed E-state index contributed by atoms with van der Waals surface area (Å²) in [7, 11) is 0. The van der Waals surface area contributed by atoms with Crippen molar-refractivity contribution in [3.63, 3.8) is 0 Å². The van der Waals surface area contributed by atoms with Gasteiger partial charge in [-0.05, 0) is 36.4 Å². The van der Waals surface area contributed by atoms with Crippen LogP contribution in [0.1, 0.15) is 15.9 Å². The summed E-state index contributed by atoms with van der Waals surface area (Å²) in [6.45, 7) is 0. The maximum atomic E-state index is 12.1. The molecule has 4 nitrogen and oxygen atoms in total. The molecule has 1 aromatic heterocycles. The second-order valence-corrected chi connectivity index (χ2v) is 4.65. The quantitative estimate of drug-likeness (QED) is 0.575. The second-order valence-electron chi connectivity index (χ2n) is 4.65. The number of carbonyl (C=O) groups excluding carboxylic acids is 1. The van der Waals surface area contributed by atoms with E-state index in [2.05, 4.69) is 21.8 Å². The summed E-state index contributed by atoms with van der Waals surface area (Å²) in [4.78, 5) is 16.4. The van der Waals surface area contributed by atoms with Gasteiger partial charge in [0.05, 0.1) is 11.2 Å². The molecule has 3 aromatic rings. The highest BCUT2D eigenvalue weighted by Crippen LogP contribution is 2.23. The highest BCUT2D eigenvalue weighted by atomic mass is 16.2. The van der Waals surface area contributed by atoms with Crippen LogP contribution in [0.3, 0.4) is 0 Å². The molecule has 0 spiro atoms. The first-order chi connectivity index (χ1) is 10.8. The minimum Gasteiger partial charge on any atom is -0.296 e. The van der Waals surface area contributed by atoms with Gasteiger partial charge in [-0.25, -0.2) is 0 Å². The van der Waals surface area contributed by atoms with Gasteiger partial charge in [-0.1, -0.05) is 24.1 Å². The summed E-state index contributed by atoms with van der Waals surface area (Å²) in [5, 5.41) is 0.865. The van der Waals surface area contributed by atoms with Crippen molar-refractivity contribution < 1.29 is 4.79 Å². The average molecular weight is 287 g/mol. The van der Waals surface area contributed by atoms with E-state index in [0.29, 0.717) is 16.8 Å². The first-order valence-electron chi connectivity index (χ1n) is 6.75.